The van der Waals surface area contributed by atoms with Crippen molar-refractivity contribution in [3.8, 4) is 0 Å². The van der Waals surface area contributed by atoms with Crippen LogP contribution in [0.5, 0.6) is 0 Å². The summed E-state index contributed by atoms with van der Waals surface area (Å²) in [5.74, 6) is 0.106. The van der Waals surface area contributed by atoms with Gasteiger partial charge in [-0.1, -0.05) is 17.3 Å². The Hall–Kier alpha value is -2.18. The molecule has 1 aromatic heterocycles. The van der Waals surface area contributed by atoms with E-state index in [1.165, 1.54) is 13.2 Å². The van der Waals surface area contributed by atoms with Gasteiger partial charge in [0.05, 0.1) is 6.10 Å². The fourth-order valence-electron chi connectivity index (χ4n) is 1.70. The summed E-state index contributed by atoms with van der Waals surface area (Å²) in [6, 6.07) is 8.51. The second-order valence-corrected chi connectivity index (χ2v) is 4.37. The third kappa shape index (κ3) is 3.43. The summed E-state index contributed by atoms with van der Waals surface area (Å²) in [6.07, 6.45) is -0.591. The molecule has 0 aliphatic heterocycles. The first-order valence-corrected chi connectivity index (χ1v) is 6.14. The van der Waals surface area contributed by atoms with Crippen LogP contribution in [-0.4, -0.2) is 23.3 Å². The molecule has 1 amide bonds. The Morgan fingerprint density at radius 1 is 1.50 bits per heavy atom. The monoisotopic (exact) mass is 276 g/mol. The van der Waals surface area contributed by atoms with E-state index in [2.05, 4.69) is 10.5 Å². The van der Waals surface area contributed by atoms with Crippen LogP contribution < -0.4 is 5.32 Å². The van der Waals surface area contributed by atoms with Crippen LogP contribution in [0.4, 0.5) is 5.69 Å². The number of nitrogens with one attached hydrogen (secondary N) is 1. The number of hydrogen-bond acceptors (Lipinski definition) is 5. The Balaban J connectivity index is 2.08. The van der Waals surface area contributed by atoms with Gasteiger partial charge in [-0.15, -0.1) is 0 Å². The van der Waals surface area contributed by atoms with Crippen LogP contribution in [0.2, 0.25) is 0 Å². The van der Waals surface area contributed by atoms with Gasteiger partial charge in [-0.25, -0.2) is 0 Å². The highest BCUT2D eigenvalue weighted by Gasteiger charge is 2.13. The van der Waals surface area contributed by atoms with Gasteiger partial charge < -0.3 is 19.7 Å². The van der Waals surface area contributed by atoms with Crippen molar-refractivity contribution < 1.29 is 19.2 Å². The topological polar surface area (TPSA) is 84.6 Å². The van der Waals surface area contributed by atoms with Crippen molar-refractivity contribution in [2.45, 2.75) is 19.6 Å². The molecular weight excluding hydrogens is 260 g/mol. The molecule has 0 spiro atoms. The number of nitrogens with zero attached hydrogens (tertiary/aromatic N) is 1. The SMILES string of the molecule is COCc1cc(C(=O)Nc2cccc(C(C)O)c2)no1. The first-order valence-electron chi connectivity index (χ1n) is 6.14. The third-order valence-electron chi connectivity index (χ3n) is 2.71. The lowest BCUT2D eigenvalue weighted by molar-refractivity contribution is 0.101. The summed E-state index contributed by atoms with van der Waals surface area (Å²) in [5.41, 5.74) is 1.49. The van der Waals surface area contributed by atoms with E-state index in [-0.39, 0.29) is 18.2 Å². The van der Waals surface area contributed by atoms with E-state index in [0.717, 1.165) is 5.56 Å². The number of aliphatic hydroxyl groups excluding tert-OH is 1. The van der Waals surface area contributed by atoms with E-state index in [9.17, 15) is 9.90 Å². The molecule has 6 heteroatoms. The predicted octanol–water partition coefficient (Wildman–Crippen LogP) is 2.13. The minimum absolute atomic E-state index is 0.180. The Labute approximate surface area is 116 Å². The number of ether oxygens (including phenoxy) is 1. The summed E-state index contributed by atoms with van der Waals surface area (Å²) in [7, 11) is 1.53. The molecule has 0 aliphatic rings. The summed E-state index contributed by atoms with van der Waals surface area (Å²) in [4.78, 5) is 12.0. The molecule has 1 unspecified atom stereocenters. The second kappa shape index (κ2) is 6.31. The molecule has 2 N–H and O–H groups in total. The Kier molecular flexibility index (Phi) is 4.49. The van der Waals surface area contributed by atoms with E-state index >= 15 is 0 Å². The molecule has 6 nitrogen and oxygen atoms in total. The van der Waals surface area contributed by atoms with Crippen LogP contribution in [0.3, 0.4) is 0 Å². The molecule has 20 heavy (non-hydrogen) atoms. The van der Waals surface area contributed by atoms with Gasteiger partial charge in [0.25, 0.3) is 5.91 Å². The van der Waals surface area contributed by atoms with Crippen LogP contribution >= 0.6 is 0 Å². The number of hydrogen-bond donors (Lipinski definition) is 2. The van der Waals surface area contributed by atoms with Gasteiger partial charge in [0.2, 0.25) is 0 Å². The van der Waals surface area contributed by atoms with Gasteiger partial charge in [-0.2, -0.15) is 0 Å². The Bertz CT molecular complexity index is 592. The molecule has 2 rings (SSSR count). The molecule has 0 fully saturated rings. The summed E-state index contributed by atoms with van der Waals surface area (Å²) in [6.45, 7) is 1.92. The maximum absolute atomic E-state index is 12.0. The highest BCUT2D eigenvalue weighted by Crippen LogP contribution is 2.17. The van der Waals surface area contributed by atoms with E-state index in [1.807, 2.05) is 0 Å². The molecule has 1 aromatic carbocycles. The minimum atomic E-state index is -0.591. The van der Waals surface area contributed by atoms with Crippen molar-refractivity contribution in [2.75, 3.05) is 12.4 Å². The maximum atomic E-state index is 12.0. The average molecular weight is 276 g/mol. The molecule has 1 atom stereocenters. The van der Waals surface area contributed by atoms with Crippen molar-refractivity contribution in [1.29, 1.82) is 0 Å². The van der Waals surface area contributed by atoms with Gasteiger partial charge in [-0.05, 0) is 24.6 Å². The number of aliphatic hydroxyl groups is 1. The van der Waals surface area contributed by atoms with Crippen LogP contribution in [-0.2, 0) is 11.3 Å². The zero-order valence-corrected chi connectivity index (χ0v) is 11.3. The number of carbonyl (C=O) groups excluding carboxylic acids is 1. The quantitative estimate of drug-likeness (QED) is 0.873. The molecular formula is C14H16N2O4. The van der Waals surface area contributed by atoms with Crippen molar-refractivity contribution in [2.24, 2.45) is 0 Å². The highest BCUT2D eigenvalue weighted by molar-refractivity contribution is 6.02. The molecule has 0 saturated heterocycles. The fourth-order valence-corrected chi connectivity index (χ4v) is 1.70. The first kappa shape index (κ1) is 14.2. The number of rotatable bonds is 5. The highest BCUT2D eigenvalue weighted by atomic mass is 16.5. The fraction of sp³-hybridized carbons (Fsp3) is 0.286. The van der Waals surface area contributed by atoms with Gasteiger partial charge in [0.15, 0.2) is 11.5 Å². The van der Waals surface area contributed by atoms with E-state index in [0.29, 0.717) is 11.4 Å². The van der Waals surface area contributed by atoms with Crippen LogP contribution in [0, 0.1) is 0 Å². The van der Waals surface area contributed by atoms with Gasteiger partial charge in [0.1, 0.15) is 6.61 Å². The number of methoxy groups -OCH3 is 1. The van der Waals surface area contributed by atoms with Gasteiger partial charge in [-0.3, -0.25) is 4.79 Å². The van der Waals surface area contributed by atoms with Crippen molar-refractivity contribution in [3.63, 3.8) is 0 Å². The Morgan fingerprint density at radius 3 is 3.00 bits per heavy atom. The summed E-state index contributed by atoms with van der Waals surface area (Å²) < 4.78 is 9.84. The lowest BCUT2D eigenvalue weighted by atomic mass is 10.1. The van der Waals surface area contributed by atoms with Crippen LogP contribution in [0.15, 0.2) is 34.9 Å². The first-order chi connectivity index (χ1) is 9.60. The lowest BCUT2D eigenvalue weighted by Gasteiger charge is -2.07. The number of benzene rings is 1. The number of carbonyl (C=O) groups is 1. The van der Waals surface area contributed by atoms with Crippen molar-refractivity contribution in [3.05, 3.63) is 47.3 Å². The minimum Gasteiger partial charge on any atom is -0.389 e. The Morgan fingerprint density at radius 2 is 2.30 bits per heavy atom. The van der Waals surface area contributed by atoms with Gasteiger partial charge >= 0.3 is 0 Å². The smallest absolute Gasteiger partial charge is 0.277 e. The van der Waals surface area contributed by atoms with E-state index in [1.54, 1.807) is 31.2 Å². The zero-order chi connectivity index (χ0) is 14.5. The molecule has 0 saturated carbocycles. The molecule has 2 aromatic rings. The van der Waals surface area contributed by atoms with E-state index in [4.69, 9.17) is 9.26 Å². The van der Waals surface area contributed by atoms with Gasteiger partial charge in [0, 0.05) is 18.9 Å². The second-order valence-electron chi connectivity index (χ2n) is 4.37. The van der Waals surface area contributed by atoms with Crippen molar-refractivity contribution in [1.82, 2.24) is 5.16 Å². The molecule has 0 aliphatic carbocycles. The standard InChI is InChI=1S/C14H16N2O4/c1-9(17)10-4-3-5-11(6-10)15-14(18)13-7-12(8-19-2)20-16-13/h3-7,9,17H,8H2,1-2H3,(H,15,18). The lowest BCUT2D eigenvalue weighted by Crippen LogP contribution is -2.12. The largest absolute Gasteiger partial charge is 0.389 e. The van der Waals surface area contributed by atoms with E-state index < -0.39 is 6.10 Å². The van der Waals surface area contributed by atoms with Crippen LogP contribution in [0.1, 0.15) is 34.8 Å². The predicted molar refractivity (Wildman–Crippen MR) is 72.2 cm³/mol. The third-order valence-corrected chi connectivity index (χ3v) is 2.71. The zero-order valence-electron chi connectivity index (χ0n) is 11.3. The average Bonchev–Trinajstić information content (AvgIpc) is 2.88. The van der Waals surface area contributed by atoms with Crippen molar-refractivity contribution >= 4 is 11.6 Å². The summed E-state index contributed by atoms with van der Waals surface area (Å²) >= 11 is 0. The molecule has 1 heterocycles. The van der Waals surface area contributed by atoms with Crippen LogP contribution in [0.25, 0.3) is 0 Å². The molecule has 106 valence electrons. The molecule has 0 radical (unpaired) electrons. The number of amides is 1. The normalized spacial score (nSPS) is 12.2. The maximum Gasteiger partial charge on any atom is 0.277 e. The number of anilines is 1. The number of aromatic nitrogens is 1. The summed E-state index contributed by atoms with van der Waals surface area (Å²) in [5, 5.41) is 15.9. The molecule has 0 bridgehead atoms.